The molecule has 0 atom stereocenters. The maximum absolute atomic E-state index is 5.40. The number of rotatable bonds is 3. The molecule has 1 saturated carbocycles. The van der Waals surface area contributed by atoms with Crippen LogP contribution in [0.2, 0.25) is 0 Å². The average molecular weight is 331 g/mol. The maximum atomic E-state index is 5.40. The fourth-order valence-electron chi connectivity index (χ4n) is 3.54. The van der Waals surface area contributed by atoms with E-state index in [1.54, 1.807) is 0 Å². The Kier molecular flexibility index (Phi) is 3.33. The molecule has 2 aromatic carbocycles. The van der Waals surface area contributed by atoms with Gasteiger partial charge in [-0.3, -0.25) is 0 Å². The molecule has 0 bridgehead atoms. The quantitative estimate of drug-likeness (QED) is 0.561. The van der Waals surface area contributed by atoms with Gasteiger partial charge in [0.2, 0.25) is 5.82 Å². The van der Waals surface area contributed by atoms with E-state index in [1.807, 2.05) is 42.5 Å². The minimum atomic E-state index is 0.478. The van der Waals surface area contributed by atoms with Gasteiger partial charge in [-0.05, 0) is 43.2 Å². The van der Waals surface area contributed by atoms with E-state index in [4.69, 9.17) is 4.52 Å². The van der Waals surface area contributed by atoms with Crippen molar-refractivity contribution in [2.75, 3.05) is 0 Å². The molecule has 6 heteroatoms. The summed E-state index contributed by atoms with van der Waals surface area (Å²) in [6, 6.07) is 16.3. The minimum Gasteiger partial charge on any atom is -0.334 e. The Morgan fingerprint density at radius 2 is 1.80 bits per heavy atom. The molecule has 1 fully saturated rings. The standard InChI is InChI=1S/C19H17N5O/c1-2-6-13(7-3-1)19-20-18(22-25-19)14-10-11-17-16(12-14)21-23-24(17)15-8-4-5-9-15/h1-3,6-7,10-12,15H,4-5,8-9H2. The molecule has 0 N–H and O–H groups in total. The first-order valence-electron chi connectivity index (χ1n) is 8.63. The van der Waals surface area contributed by atoms with Crippen LogP contribution in [-0.4, -0.2) is 25.1 Å². The molecular weight excluding hydrogens is 314 g/mol. The van der Waals surface area contributed by atoms with Crippen molar-refractivity contribution in [2.24, 2.45) is 0 Å². The summed E-state index contributed by atoms with van der Waals surface area (Å²) < 4.78 is 7.47. The summed E-state index contributed by atoms with van der Waals surface area (Å²) >= 11 is 0. The van der Waals surface area contributed by atoms with Crippen LogP contribution in [0.25, 0.3) is 33.9 Å². The second-order valence-corrected chi connectivity index (χ2v) is 6.46. The lowest BCUT2D eigenvalue weighted by atomic mass is 10.1. The van der Waals surface area contributed by atoms with Gasteiger partial charge in [0.05, 0.1) is 11.6 Å². The highest BCUT2D eigenvalue weighted by molar-refractivity contribution is 5.80. The second-order valence-electron chi connectivity index (χ2n) is 6.46. The maximum Gasteiger partial charge on any atom is 0.258 e. The molecule has 124 valence electrons. The molecule has 6 nitrogen and oxygen atoms in total. The Morgan fingerprint density at radius 1 is 0.960 bits per heavy atom. The van der Waals surface area contributed by atoms with Crippen molar-refractivity contribution in [3.8, 4) is 22.8 Å². The Balaban J connectivity index is 1.50. The van der Waals surface area contributed by atoms with E-state index in [1.165, 1.54) is 25.7 Å². The second kappa shape index (κ2) is 5.81. The van der Waals surface area contributed by atoms with Crippen molar-refractivity contribution in [1.82, 2.24) is 25.1 Å². The lowest BCUT2D eigenvalue weighted by molar-refractivity contribution is 0.432. The lowest BCUT2D eigenvalue weighted by Crippen LogP contribution is -2.06. The van der Waals surface area contributed by atoms with Crippen molar-refractivity contribution in [3.05, 3.63) is 48.5 Å². The smallest absolute Gasteiger partial charge is 0.258 e. The van der Waals surface area contributed by atoms with Crippen molar-refractivity contribution in [1.29, 1.82) is 0 Å². The van der Waals surface area contributed by atoms with Crippen LogP contribution in [-0.2, 0) is 0 Å². The monoisotopic (exact) mass is 331 g/mol. The lowest BCUT2D eigenvalue weighted by Gasteiger charge is -2.09. The summed E-state index contributed by atoms with van der Waals surface area (Å²) in [6.45, 7) is 0. The van der Waals surface area contributed by atoms with Crippen LogP contribution in [0.1, 0.15) is 31.7 Å². The largest absolute Gasteiger partial charge is 0.334 e. The van der Waals surface area contributed by atoms with Crippen LogP contribution >= 0.6 is 0 Å². The Bertz CT molecular complexity index is 1010. The number of nitrogens with zero attached hydrogens (tertiary/aromatic N) is 5. The summed E-state index contributed by atoms with van der Waals surface area (Å²) in [5.74, 6) is 1.08. The van der Waals surface area contributed by atoms with Gasteiger partial charge in [-0.2, -0.15) is 4.98 Å². The van der Waals surface area contributed by atoms with Crippen molar-refractivity contribution in [2.45, 2.75) is 31.7 Å². The van der Waals surface area contributed by atoms with Gasteiger partial charge in [0, 0.05) is 11.1 Å². The van der Waals surface area contributed by atoms with Crippen LogP contribution in [0.4, 0.5) is 0 Å². The van der Waals surface area contributed by atoms with Crippen molar-refractivity contribution in [3.63, 3.8) is 0 Å². The first-order valence-corrected chi connectivity index (χ1v) is 8.63. The van der Waals surface area contributed by atoms with Crippen LogP contribution in [0.3, 0.4) is 0 Å². The van der Waals surface area contributed by atoms with E-state index in [0.717, 1.165) is 22.2 Å². The molecule has 0 spiro atoms. The van der Waals surface area contributed by atoms with Gasteiger partial charge in [0.25, 0.3) is 5.89 Å². The molecule has 5 rings (SSSR count). The molecule has 4 aromatic rings. The van der Waals surface area contributed by atoms with Gasteiger partial charge in [0.15, 0.2) is 0 Å². The van der Waals surface area contributed by atoms with Crippen LogP contribution in [0.15, 0.2) is 53.1 Å². The molecule has 1 aliphatic rings. The van der Waals surface area contributed by atoms with Gasteiger partial charge in [-0.1, -0.05) is 41.4 Å². The normalized spacial score (nSPS) is 15.2. The van der Waals surface area contributed by atoms with Gasteiger partial charge < -0.3 is 4.52 Å². The third-order valence-electron chi connectivity index (χ3n) is 4.85. The molecule has 25 heavy (non-hydrogen) atoms. The van der Waals surface area contributed by atoms with Gasteiger partial charge in [0.1, 0.15) is 5.52 Å². The highest BCUT2D eigenvalue weighted by Crippen LogP contribution is 2.32. The van der Waals surface area contributed by atoms with Gasteiger partial charge in [-0.15, -0.1) is 5.10 Å². The van der Waals surface area contributed by atoms with Crippen LogP contribution in [0.5, 0.6) is 0 Å². The van der Waals surface area contributed by atoms with Gasteiger partial charge >= 0.3 is 0 Å². The molecular formula is C19H17N5O. The summed E-state index contributed by atoms with van der Waals surface area (Å²) in [5.41, 5.74) is 3.74. The summed E-state index contributed by atoms with van der Waals surface area (Å²) in [7, 11) is 0. The Labute approximate surface area is 144 Å². The zero-order valence-electron chi connectivity index (χ0n) is 13.7. The fourth-order valence-corrected chi connectivity index (χ4v) is 3.54. The number of fused-ring (bicyclic) bond motifs is 1. The molecule has 0 amide bonds. The van der Waals surface area contributed by atoms with E-state index < -0.39 is 0 Å². The zero-order valence-corrected chi connectivity index (χ0v) is 13.7. The average Bonchev–Trinajstić information content (AvgIpc) is 3.41. The summed E-state index contributed by atoms with van der Waals surface area (Å²) in [5, 5.41) is 12.8. The molecule has 1 aliphatic carbocycles. The van der Waals surface area contributed by atoms with Gasteiger partial charge in [-0.25, -0.2) is 4.68 Å². The highest BCUT2D eigenvalue weighted by atomic mass is 16.5. The molecule has 0 saturated heterocycles. The van der Waals surface area contributed by atoms with Crippen LogP contribution < -0.4 is 0 Å². The molecule has 2 aromatic heterocycles. The van der Waals surface area contributed by atoms with E-state index in [9.17, 15) is 0 Å². The SMILES string of the molecule is c1ccc(-c2nc(-c3ccc4c(c3)nnn4C3CCCC3)no2)cc1. The van der Waals surface area contributed by atoms with E-state index in [0.29, 0.717) is 17.8 Å². The number of benzene rings is 2. The molecule has 2 heterocycles. The first-order chi connectivity index (χ1) is 12.4. The predicted octanol–water partition coefficient (Wildman–Crippen LogP) is 4.26. The van der Waals surface area contributed by atoms with Crippen LogP contribution in [0, 0.1) is 0 Å². The molecule has 0 aliphatic heterocycles. The fraction of sp³-hybridized carbons (Fsp3) is 0.263. The topological polar surface area (TPSA) is 69.6 Å². The minimum absolute atomic E-state index is 0.478. The molecule has 0 unspecified atom stereocenters. The highest BCUT2D eigenvalue weighted by Gasteiger charge is 2.20. The van der Waals surface area contributed by atoms with Crippen molar-refractivity contribution >= 4 is 11.0 Å². The molecule has 0 radical (unpaired) electrons. The Morgan fingerprint density at radius 3 is 2.64 bits per heavy atom. The van der Waals surface area contributed by atoms with E-state index in [2.05, 4.69) is 31.2 Å². The third kappa shape index (κ3) is 2.50. The Hall–Kier alpha value is -3.02. The number of aromatic nitrogens is 5. The predicted molar refractivity (Wildman–Crippen MR) is 93.8 cm³/mol. The van der Waals surface area contributed by atoms with E-state index >= 15 is 0 Å². The summed E-state index contributed by atoms with van der Waals surface area (Å²) in [6.07, 6.45) is 4.92. The zero-order chi connectivity index (χ0) is 16.6. The number of hydrogen-bond donors (Lipinski definition) is 0. The van der Waals surface area contributed by atoms with E-state index in [-0.39, 0.29) is 0 Å². The summed E-state index contributed by atoms with van der Waals surface area (Å²) in [4.78, 5) is 4.51. The van der Waals surface area contributed by atoms with Crippen molar-refractivity contribution < 1.29 is 4.52 Å². The first kappa shape index (κ1) is 14.3. The third-order valence-corrected chi connectivity index (χ3v) is 4.85. The number of hydrogen-bond acceptors (Lipinski definition) is 5.